The first-order chi connectivity index (χ1) is 13.5. The Morgan fingerprint density at radius 2 is 1.46 bits per heavy atom. The van der Waals surface area contributed by atoms with E-state index >= 15 is 0 Å². The van der Waals surface area contributed by atoms with Crippen molar-refractivity contribution in [1.29, 1.82) is 0 Å². The van der Waals surface area contributed by atoms with Crippen LogP contribution in [-0.4, -0.2) is 30.2 Å². The van der Waals surface area contributed by atoms with Gasteiger partial charge in [-0.3, -0.25) is 19.3 Å². The predicted octanol–water partition coefficient (Wildman–Crippen LogP) is 3.30. The van der Waals surface area contributed by atoms with Crippen LogP contribution in [0.5, 0.6) is 0 Å². The molecule has 0 N–H and O–H groups in total. The zero-order valence-electron chi connectivity index (χ0n) is 15.0. The monoisotopic (exact) mass is 383 g/mol. The van der Waals surface area contributed by atoms with Crippen LogP contribution in [0.4, 0.5) is 10.1 Å². The fraction of sp³-hybridized carbons (Fsp3) is 0.238. The molecular formula is C21H18FNO5. The molecule has 7 heteroatoms. The number of hydrogen-bond acceptors (Lipinski definition) is 5. The molecule has 0 unspecified atom stereocenters. The van der Waals surface area contributed by atoms with E-state index in [1.807, 2.05) is 0 Å². The number of ether oxygens (including phenoxy) is 1. The fourth-order valence-corrected chi connectivity index (χ4v) is 2.87. The maximum absolute atomic E-state index is 12.9. The predicted molar refractivity (Wildman–Crippen MR) is 98.4 cm³/mol. The Hall–Kier alpha value is -3.35. The second-order valence-electron chi connectivity index (χ2n) is 6.34. The number of imide groups is 1. The average Bonchev–Trinajstić information content (AvgIpc) is 3.03. The molecule has 1 aliphatic heterocycles. The Bertz CT molecular complexity index is 889. The minimum Gasteiger partial charge on any atom is -0.462 e. The summed E-state index contributed by atoms with van der Waals surface area (Å²) >= 11 is 0. The van der Waals surface area contributed by atoms with Gasteiger partial charge in [-0.1, -0.05) is 0 Å². The zero-order chi connectivity index (χ0) is 20.1. The number of halogens is 1. The minimum atomic E-state index is -0.556. The van der Waals surface area contributed by atoms with Gasteiger partial charge in [-0.2, -0.15) is 0 Å². The largest absolute Gasteiger partial charge is 0.462 e. The highest BCUT2D eigenvalue weighted by Crippen LogP contribution is 2.23. The lowest BCUT2D eigenvalue weighted by Crippen LogP contribution is -2.28. The molecule has 0 atom stereocenters. The number of amides is 2. The molecule has 0 saturated carbocycles. The number of benzene rings is 2. The number of rotatable bonds is 7. The molecule has 2 amide bonds. The van der Waals surface area contributed by atoms with Crippen LogP contribution in [-0.2, 0) is 14.3 Å². The lowest BCUT2D eigenvalue weighted by atomic mass is 10.1. The van der Waals surface area contributed by atoms with Crippen molar-refractivity contribution in [2.24, 2.45) is 0 Å². The molecule has 2 aromatic rings. The highest BCUT2D eigenvalue weighted by atomic mass is 19.1. The van der Waals surface area contributed by atoms with E-state index in [4.69, 9.17) is 4.74 Å². The van der Waals surface area contributed by atoms with Crippen molar-refractivity contribution in [2.75, 3.05) is 11.5 Å². The standard InChI is InChI=1S/C21H18FNO5/c22-16-7-3-14(4-8-16)18(24)2-1-13-28-21(27)15-5-9-17(10-6-15)23-19(25)11-12-20(23)26/h3-10H,1-2,11-13H2. The smallest absolute Gasteiger partial charge is 0.338 e. The first-order valence-electron chi connectivity index (χ1n) is 8.87. The molecular weight excluding hydrogens is 365 g/mol. The summed E-state index contributed by atoms with van der Waals surface area (Å²) in [6.07, 6.45) is 0.909. The molecule has 1 aliphatic rings. The molecule has 2 aromatic carbocycles. The van der Waals surface area contributed by atoms with Crippen LogP contribution in [0, 0.1) is 5.82 Å². The van der Waals surface area contributed by atoms with Gasteiger partial charge < -0.3 is 4.74 Å². The number of carbonyl (C=O) groups excluding carboxylic acids is 4. The Morgan fingerprint density at radius 3 is 2.07 bits per heavy atom. The number of nitrogens with zero attached hydrogens (tertiary/aromatic N) is 1. The van der Waals surface area contributed by atoms with Crippen LogP contribution in [0.25, 0.3) is 0 Å². The van der Waals surface area contributed by atoms with Gasteiger partial charge >= 0.3 is 5.97 Å². The highest BCUT2D eigenvalue weighted by molar-refractivity contribution is 6.19. The molecule has 3 rings (SSSR count). The number of ketones is 1. The summed E-state index contributed by atoms with van der Waals surface area (Å²) in [4.78, 5) is 48.6. The van der Waals surface area contributed by atoms with Crippen LogP contribution in [0.1, 0.15) is 46.4 Å². The van der Waals surface area contributed by atoms with Crippen LogP contribution >= 0.6 is 0 Å². The maximum atomic E-state index is 12.9. The van der Waals surface area contributed by atoms with Crippen molar-refractivity contribution in [2.45, 2.75) is 25.7 Å². The molecule has 1 fully saturated rings. The van der Waals surface area contributed by atoms with Crippen molar-refractivity contribution in [1.82, 2.24) is 0 Å². The highest BCUT2D eigenvalue weighted by Gasteiger charge is 2.30. The van der Waals surface area contributed by atoms with E-state index in [2.05, 4.69) is 0 Å². The molecule has 1 saturated heterocycles. The quantitative estimate of drug-likeness (QED) is 0.317. The number of carbonyl (C=O) groups is 4. The van der Waals surface area contributed by atoms with E-state index in [-0.39, 0.29) is 49.0 Å². The first-order valence-corrected chi connectivity index (χ1v) is 8.87. The summed E-state index contributed by atoms with van der Waals surface area (Å²) < 4.78 is 18.0. The second-order valence-corrected chi connectivity index (χ2v) is 6.34. The third-order valence-corrected chi connectivity index (χ3v) is 4.36. The third kappa shape index (κ3) is 4.49. The summed E-state index contributed by atoms with van der Waals surface area (Å²) in [7, 11) is 0. The van der Waals surface area contributed by atoms with E-state index in [1.54, 1.807) is 0 Å². The second kappa shape index (κ2) is 8.56. The lowest BCUT2D eigenvalue weighted by Gasteiger charge is -2.14. The summed E-state index contributed by atoms with van der Waals surface area (Å²) in [5, 5.41) is 0. The van der Waals surface area contributed by atoms with Crippen molar-refractivity contribution < 1.29 is 28.3 Å². The van der Waals surface area contributed by atoms with Crippen LogP contribution in [0.15, 0.2) is 48.5 Å². The number of esters is 1. The van der Waals surface area contributed by atoms with E-state index in [0.717, 1.165) is 4.90 Å². The number of Topliss-reactive ketones (excluding diaryl/α,β-unsaturated/α-hetero) is 1. The molecule has 28 heavy (non-hydrogen) atoms. The van der Waals surface area contributed by atoms with Gasteiger partial charge in [0.25, 0.3) is 0 Å². The van der Waals surface area contributed by atoms with Crippen molar-refractivity contribution >= 4 is 29.3 Å². The fourth-order valence-electron chi connectivity index (χ4n) is 2.87. The Kier molecular flexibility index (Phi) is 5.93. The SMILES string of the molecule is O=C(CCCOC(=O)c1ccc(N2C(=O)CCC2=O)cc1)c1ccc(F)cc1. The van der Waals surface area contributed by atoms with E-state index in [9.17, 15) is 23.6 Å². The molecule has 144 valence electrons. The number of hydrogen-bond donors (Lipinski definition) is 0. The Morgan fingerprint density at radius 1 is 0.893 bits per heavy atom. The number of anilines is 1. The van der Waals surface area contributed by atoms with Gasteiger partial charge in [-0.25, -0.2) is 9.18 Å². The van der Waals surface area contributed by atoms with Gasteiger partial charge in [0.2, 0.25) is 11.8 Å². The van der Waals surface area contributed by atoms with Gasteiger partial charge in [-0.15, -0.1) is 0 Å². The summed E-state index contributed by atoms with van der Waals surface area (Å²) in [5.41, 5.74) is 1.12. The van der Waals surface area contributed by atoms with Crippen LogP contribution in [0.3, 0.4) is 0 Å². The summed E-state index contributed by atoms with van der Waals surface area (Å²) in [6.45, 7) is 0.0661. The normalized spacial score (nSPS) is 13.7. The van der Waals surface area contributed by atoms with Crippen LogP contribution < -0.4 is 4.90 Å². The Balaban J connectivity index is 1.47. The molecule has 0 spiro atoms. The van der Waals surface area contributed by atoms with Gasteiger partial charge in [0, 0.05) is 24.8 Å². The van der Waals surface area contributed by atoms with E-state index < -0.39 is 11.8 Å². The summed E-state index contributed by atoms with van der Waals surface area (Å²) in [5.74, 6) is -1.63. The minimum absolute atomic E-state index is 0.0661. The van der Waals surface area contributed by atoms with Crippen molar-refractivity contribution in [3.63, 3.8) is 0 Å². The molecule has 0 bridgehead atoms. The topological polar surface area (TPSA) is 80.8 Å². The summed E-state index contributed by atoms with van der Waals surface area (Å²) in [6, 6.07) is 11.3. The van der Waals surface area contributed by atoms with Gasteiger partial charge in [0.05, 0.1) is 17.9 Å². The average molecular weight is 383 g/mol. The molecule has 6 nitrogen and oxygen atoms in total. The molecule has 1 heterocycles. The zero-order valence-corrected chi connectivity index (χ0v) is 15.0. The van der Waals surface area contributed by atoms with Gasteiger partial charge in [-0.05, 0) is 55.0 Å². The van der Waals surface area contributed by atoms with Crippen molar-refractivity contribution in [3.8, 4) is 0 Å². The lowest BCUT2D eigenvalue weighted by molar-refractivity contribution is -0.121. The first kappa shape index (κ1) is 19.4. The van der Waals surface area contributed by atoms with Gasteiger partial charge in [0.15, 0.2) is 5.78 Å². The van der Waals surface area contributed by atoms with Crippen molar-refractivity contribution in [3.05, 3.63) is 65.5 Å². The van der Waals surface area contributed by atoms with E-state index in [1.165, 1.54) is 48.5 Å². The Labute approximate surface area is 160 Å². The van der Waals surface area contributed by atoms with E-state index in [0.29, 0.717) is 17.7 Å². The molecule has 0 radical (unpaired) electrons. The molecule has 0 aromatic heterocycles. The maximum Gasteiger partial charge on any atom is 0.338 e. The molecule has 0 aliphatic carbocycles. The third-order valence-electron chi connectivity index (χ3n) is 4.36. The van der Waals surface area contributed by atoms with Crippen LogP contribution in [0.2, 0.25) is 0 Å². The van der Waals surface area contributed by atoms with Gasteiger partial charge in [0.1, 0.15) is 5.82 Å².